The zero-order chi connectivity index (χ0) is 8.97. The van der Waals surface area contributed by atoms with Crippen molar-refractivity contribution >= 4 is 21.6 Å². The summed E-state index contributed by atoms with van der Waals surface area (Å²) < 4.78 is 1.22. The van der Waals surface area contributed by atoms with Crippen molar-refractivity contribution in [1.29, 1.82) is 0 Å². The highest BCUT2D eigenvalue weighted by Gasteiger charge is 1.97. The quantitative estimate of drug-likeness (QED) is 0.622. The van der Waals surface area contributed by atoms with Crippen LogP contribution in [-0.2, 0) is 0 Å². The summed E-state index contributed by atoms with van der Waals surface area (Å²) in [6.45, 7) is 5.97. The fraction of sp³-hybridized carbons (Fsp3) is 0.333. The van der Waals surface area contributed by atoms with Gasteiger partial charge in [-0.25, -0.2) is 4.98 Å². The van der Waals surface area contributed by atoms with Gasteiger partial charge in [-0.1, -0.05) is 13.8 Å². The maximum Gasteiger partial charge on any atom is 0.102 e. The predicted molar refractivity (Wildman–Crippen MR) is 53.5 cm³/mol. The predicted octanol–water partition coefficient (Wildman–Crippen LogP) is 3.03. The zero-order valence-electron chi connectivity index (χ0n) is 7.53. The average molecular weight is 180 g/mol. The molecule has 0 saturated heterocycles. The normalized spacial score (nSPS) is 9.25. The molecule has 0 aliphatic carbocycles. The molecule has 0 N–H and O–H groups in total. The smallest absolute Gasteiger partial charge is 0.102 e. The van der Waals surface area contributed by atoms with Crippen molar-refractivity contribution in [3.63, 3.8) is 0 Å². The van der Waals surface area contributed by atoms with E-state index in [4.69, 9.17) is 0 Å². The van der Waals surface area contributed by atoms with Crippen LogP contribution in [-0.4, -0.2) is 9.97 Å². The lowest BCUT2D eigenvalue weighted by atomic mass is 10.3. The van der Waals surface area contributed by atoms with Crippen LogP contribution in [0, 0.1) is 6.92 Å². The Bertz CT molecular complexity index is 354. The van der Waals surface area contributed by atoms with E-state index in [1.54, 1.807) is 11.3 Å². The Kier molecular flexibility index (Phi) is 3.17. The lowest BCUT2D eigenvalue weighted by Crippen LogP contribution is -1.79. The summed E-state index contributed by atoms with van der Waals surface area (Å²) in [5, 5.41) is 0. The fourth-order valence-electron chi connectivity index (χ4n) is 0.923. The SMILES string of the molecule is CC.Cc1nccc2scnc12. The van der Waals surface area contributed by atoms with Crippen molar-refractivity contribution < 1.29 is 0 Å². The Balaban J connectivity index is 0.000000336. The third-order valence-corrected chi connectivity index (χ3v) is 2.23. The van der Waals surface area contributed by atoms with E-state index >= 15 is 0 Å². The fourth-order valence-corrected chi connectivity index (χ4v) is 1.65. The van der Waals surface area contributed by atoms with E-state index in [-0.39, 0.29) is 0 Å². The van der Waals surface area contributed by atoms with Gasteiger partial charge in [-0.2, -0.15) is 0 Å². The summed E-state index contributed by atoms with van der Waals surface area (Å²) >= 11 is 1.65. The molecule has 0 saturated carbocycles. The van der Waals surface area contributed by atoms with Crippen LogP contribution in [0.3, 0.4) is 0 Å². The van der Waals surface area contributed by atoms with Crippen LogP contribution in [0.25, 0.3) is 10.2 Å². The number of hydrogen-bond donors (Lipinski definition) is 0. The number of nitrogens with zero attached hydrogens (tertiary/aromatic N) is 2. The van der Waals surface area contributed by atoms with E-state index in [1.165, 1.54) is 4.70 Å². The molecule has 2 aromatic heterocycles. The van der Waals surface area contributed by atoms with Crippen LogP contribution < -0.4 is 0 Å². The first-order valence-electron chi connectivity index (χ1n) is 4.03. The summed E-state index contributed by atoms with van der Waals surface area (Å²) in [5.74, 6) is 0. The summed E-state index contributed by atoms with van der Waals surface area (Å²) in [7, 11) is 0. The van der Waals surface area contributed by atoms with E-state index in [0.717, 1.165) is 11.2 Å². The van der Waals surface area contributed by atoms with Crippen LogP contribution in [0.5, 0.6) is 0 Å². The molecule has 2 rings (SSSR count). The molecule has 0 bridgehead atoms. The summed E-state index contributed by atoms with van der Waals surface area (Å²) in [6.07, 6.45) is 1.82. The van der Waals surface area contributed by atoms with E-state index < -0.39 is 0 Å². The van der Waals surface area contributed by atoms with Gasteiger partial charge in [-0.05, 0) is 13.0 Å². The number of fused-ring (bicyclic) bond motifs is 1. The molecule has 2 heterocycles. The number of hydrogen-bond acceptors (Lipinski definition) is 3. The lowest BCUT2D eigenvalue weighted by molar-refractivity contribution is 1.22. The van der Waals surface area contributed by atoms with Gasteiger partial charge in [-0.3, -0.25) is 4.98 Å². The maximum atomic E-state index is 4.17. The van der Waals surface area contributed by atoms with Crippen LogP contribution in [0.4, 0.5) is 0 Å². The summed E-state index contributed by atoms with van der Waals surface area (Å²) in [4.78, 5) is 8.30. The zero-order valence-corrected chi connectivity index (χ0v) is 8.35. The van der Waals surface area contributed by atoms with Gasteiger partial charge in [0.2, 0.25) is 0 Å². The summed E-state index contributed by atoms with van der Waals surface area (Å²) in [6, 6.07) is 1.99. The molecule has 0 radical (unpaired) electrons. The van der Waals surface area contributed by atoms with Crippen LogP contribution >= 0.6 is 11.3 Å². The Hall–Kier alpha value is -0.960. The first-order valence-corrected chi connectivity index (χ1v) is 4.91. The van der Waals surface area contributed by atoms with Crippen molar-refractivity contribution in [3.05, 3.63) is 23.5 Å². The molecule has 0 amide bonds. The Morgan fingerprint density at radius 3 is 2.67 bits per heavy atom. The Labute approximate surface area is 76.3 Å². The molecule has 0 aliphatic rings. The number of rotatable bonds is 0. The molecule has 12 heavy (non-hydrogen) atoms. The van der Waals surface area contributed by atoms with Gasteiger partial charge < -0.3 is 0 Å². The van der Waals surface area contributed by atoms with Crippen molar-refractivity contribution in [2.45, 2.75) is 20.8 Å². The van der Waals surface area contributed by atoms with Crippen LogP contribution in [0.1, 0.15) is 19.5 Å². The van der Waals surface area contributed by atoms with Gasteiger partial charge in [0, 0.05) is 6.20 Å². The van der Waals surface area contributed by atoms with Crippen molar-refractivity contribution in [3.8, 4) is 0 Å². The van der Waals surface area contributed by atoms with E-state index in [2.05, 4.69) is 9.97 Å². The summed E-state index contributed by atoms with van der Waals surface area (Å²) in [5.41, 5.74) is 3.89. The van der Waals surface area contributed by atoms with Gasteiger partial charge >= 0.3 is 0 Å². The third-order valence-electron chi connectivity index (χ3n) is 1.43. The maximum absolute atomic E-state index is 4.17. The average Bonchev–Trinajstić information content (AvgIpc) is 2.57. The van der Waals surface area contributed by atoms with Crippen LogP contribution in [0.2, 0.25) is 0 Å². The van der Waals surface area contributed by atoms with Gasteiger partial charge in [0.25, 0.3) is 0 Å². The first kappa shape index (κ1) is 9.13. The standard InChI is InChI=1S/C7H6N2S.C2H6/c1-5-7-6(2-3-8-5)10-4-9-7;1-2/h2-4H,1H3;1-2H3. The van der Waals surface area contributed by atoms with Gasteiger partial charge in [0.1, 0.15) is 5.52 Å². The number of thiazole rings is 1. The largest absolute Gasteiger partial charge is 0.259 e. The van der Waals surface area contributed by atoms with Gasteiger partial charge in [0.05, 0.1) is 15.9 Å². The number of aryl methyl sites for hydroxylation is 1. The second-order valence-corrected chi connectivity index (χ2v) is 2.98. The monoisotopic (exact) mass is 180 g/mol. The molecule has 0 spiro atoms. The molecule has 0 fully saturated rings. The minimum absolute atomic E-state index is 1.01. The molecule has 0 atom stereocenters. The van der Waals surface area contributed by atoms with Crippen LogP contribution in [0.15, 0.2) is 17.8 Å². The molecule has 0 aliphatic heterocycles. The van der Waals surface area contributed by atoms with Gasteiger partial charge in [0.15, 0.2) is 0 Å². The first-order chi connectivity index (χ1) is 5.88. The molecule has 0 unspecified atom stereocenters. The Morgan fingerprint density at radius 1 is 1.25 bits per heavy atom. The molecule has 0 aromatic carbocycles. The molecule has 2 nitrogen and oxygen atoms in total. The molecule has 3 heteroatoms. The topological polar surface area (TPSA) is 25.8 Å². The van der Waals surface area contributed by atoms with E-state index in [9.17, 15) is 0 Å². The second-order valence-electron chi connectivity index (χ2n) is 2.10. The highest BCUT2D eigenvalue weighted by Crippen LogP contribution is 2.17. The highest BCUT2D eigenvalue weighted by atomic mass is 32.1. The van der Waals surface area contributed by atoms with Gasteiger partial charge in [-0.15, -0.1) is 11.3 Å². The van der Waals surface area contributed by atoms with E-state index in [0.29, 0.717) is 0 Å². The van der Waals surface area contributed by atoms with Crippen molar-refractivity contribution in [1.82, 2.24) is 9.97 Å². The van der Waals surface area contributed by atoms with Crippen molar-refractivity contribution in [2.24, 2.45) is 0 Å². The van der Waals surface area contributed by atoms with E-state index in [1.807, 2.05) is 38.5 Å². The molecule has 64 valence electrons. The molecular weight excluding hydrogens is 168 g/mol. The minimum Gasteiger partial charge on any atom is -0.259 e. The molecule has 2 aromatic rings. The molecular formula is C9H12N2S. The Morgan fingerprint density at radius 2 is 2.00 bits per heavy atom. The third kappa shape index (κ3) is 1.61. The second kappa shape index (κ2) is 4.16. The highest BCUT2D eigenvalue weighted by molar-refractivity contribution is 7.16. The minimum atomic E-state index is 1.01. The lowest BCUT2D eigenvalue weighted by Gasteiger charge is -1.89. The number of pyridine rings is 1. The number of aromatic nitrogens is 2. The van der Waals surface area contributed by atoms with Crippen molar-refractivity contribution in [2.75, 3.05) is 0 Å².